The van der Waals surface area contributed by atoms with Crippen LogP contribution in [0.2, 0.25) is 0 Å². The third-order valence-corrected chi connectivity index (χ3v) is 3.84. The Balaban J connectivity index is 2.26. The van der Waals surface area contributed by atoms with E-state index in [0.29, 0.717) is 5.25 Å². The fourth-order valence-electron chi connectivity index (χ4n) is 1.68. The number of thioether (sulfide) groups is 1. The van der Waals surface area contributed by atoms with Gasteiger partial charge in [0.05, 0.1) is 5.60 Å². The van der Waals surface area contributed by atoms with E-state index in [2.05, 4.69) is 13.8 Å². The number of aliphatic hydroxyl groups is 1. The molecule has 0 spiro atoms. The lowest BCUT2D eigenvalue weighted by molar-refractivity contribution is 0.0272. The Hall–Kier alpha value is 0.310. The highest BCUT2D eigenvalue weighted by atomic mass is 32.2. The highest BCUT2D eigenvalue weighted by molar-refractivity contribution is 7.99. The van der Waals surface area contributed by atoms with Crippen LogP contribution in [0.1, 0.15) is 46.0 Å². The van der Waals surface area contributed by atoms with E-state index in [1.807, 2.05) is 11.8 Å². The molecule has 0 radical (unpaired) electrons. The van der Waals surface area contributed by atoms with Gasteiger partial charge in [-0.2, -0.15) is 11.8 Å². The lowest BCUT2D eigenvalue weighted by Gasteiger charge is -2.32. The highest BCUT2D eigenvalue weighted by Crippen LogP contribution is 2.31. The SMILES string of the molecule is CC(C)SCC1(O)CCCCC1. The predicted octanol–water partition coefficient (Wildman–Crippen LogP) is 2.82. The van der Waals surface area contributed by atoms with Crippen LogP contribution in [0.15, 0.2) is 0 Å². The molecule has 0 heterocycles. The van der Waals surface area contributed by atoms with Crippen molar-refractivity contribution in [2.75, 3.05) is 5.75 Å². The molecule has 1 N–H and O–H groups in total. The molecule has 1 saturated carbocycles. The third-order valence-electron chi connectivity index (χ3n) is 2.47. The van der Waals surface area contributed by atoms with E-state index in [1.54, 1.807) is 0 Å². The van der Waals surface area contributed by atoms with Crippen molar-refractivity contribution in [2.24, 2.45) is 0 Å². The summed E-state index contributed by atoms with van der Waals surface area (Å²) in [6, 6.07) is 0. The lowest BCUT2D eigenvalue weighted by atomic mass is 9.86. The molecule has 12 heavy (non-hydrogen) atoms. The molecule has 1 nitrogen and oxygen atoms in total. The Morgan fingerprint density at radius 1 is 1.25 bits per heavy atom. The Labute approximate surface area is 79.9 Å². The van der Waals surface area contributed by atoms with E-state index in [-0.39, 0.29) is 5.60 Å². The number of hydrogen-bond donors (Lipinski definition) is 1. The van der Waals surface area contributed by atoms with Crippen LogP contribution in [0.5, 0.6) is 0 Å². The Bertz CT molecular complexity index is 128. The average Bonchev–Trinajstić information content (AvgIpc) is 2.03. The molecule has 2 heteroatoms. The predicted molar refractivity (Wildman–Crippen MR) is 55.6 cm³/mol. The zero-order valence-corrected chi connectivity index (χ0v) is 8.99. The number of rotatable bonds is 3. The smallest absolute Gasteiger partial charge is 0.0737 e. The van der Waals surface area contributed by atoms with Gasteiger partial charge in [-0.05, 0) is 18.1 Å². The molecule has 1 aliphatic carbocycles. The van der Waals surface area contributed by atoms with Crippen molar-refractivity contribution in [1.29, 1.82) is 0 Å². The fourth-order valence-corrected chi connectivity index (χ4v) is 2.61. The summed E-state index contributed by atoms with van der Waals surface area (Å²) in [5.74, 6) is 0.935. The van der Waals surface area contributed by atoms with E-state index >= 15 is 0 Å². The standard InChI is InChI=1S/C10H20OS/c1-9(2)12-8-10(11)6-4-3-5-7-10/h9,11H,3-8H2,1-2H3. The maximum atomic E-state index is 10.1. The molecule has 0 unspecified atom stereocenters. The molecular formula is C10H20OS. The molecule has 1 aliphatic rings. The van der Waals surface area contributed by atoms with Gasteiger partial charge in [0.1, 0.15) is 0 Å². The topological polar surface area (TPSA) is 20.2 Å². The van der Waals surface area contributed by atoms with Gasteiger partial charge < -0.3 is 5.11 Å². The van der Waals surface area contributed by atoms with Gasteiger partial charge in [0.25, 0.3) is 0 Å². The molecule has 72 valence electrons. The Morgan fingerprint density at radius 2 is 1.83 bits per heavy atom. The van der Waals surface area contributed by atoms with Crippen molar-refractivity contribution in [2.45, 2.75) is 56.8 Å². The maximum Gasteiger partial charge on any atom is 0.0737 e. The first-order chi connectivity index (χ1) is 5.62. The highest BCUT2D eigenvalue weighted by Gasteiger charge is 2.28. The summed E-state index contributed by atoms with van der Waals surface area (Å²) in [7, 11) is 0. The third kappa shape index (κ3) is 3.36. The van der Waals surface area contributed by atoms with Crippen LogP contribution < -0.4 is 0 Å². The monoisotopic (exact) mass is 188 g/mol. The summed E-state index contributed by atoms with van der Waals surface area (Å²) in [5.41, 5.74) is -0.326. The van der Waals surface area contributed by atoms with Crippen LogP contribution >= 0.6 is 11.8 Å². The average molecular weight is 188 g/mol. The summed E-state index contributed by atoms with van der Waals surface area (Å²) in [4.78, 5) is 0. The molecule has 0 amide bonds. The summed E-state index contributed by atoms with van der Waals surface area (Å²) >= 11 is 1.89. The van der Waals surface area contributed by atoms with Gasteiger partial charge >= 0.3 is 0 Å². The van der Waals surface area contributed by atoms with E-state index < -0.39 is 0 Å². The second-order valence-corrected chi connectivity index (χ2v) is 5.71. The van der Waals surface area contributed by atoms with E-state index in [0.717, 1.165) is 18.6 Å². The zero-order chi connectivity index (χ0) is 9.03. The van der Waals surface area contributed by atoms with Crippen molar-refractivity contribution >= 4 is 11.8 Å². The van der Waals surface area contributed by atoms with Crippen molar-refractivity contribution in [3.8, 4) is 0 Å². The van der Waals surface area contributed by atoms with E-state index in [1.165, 1.54) is 19.3 Å². The molecule has 0 aromatic rings. The first-order valence-electron chi connectivity index (χ1n) is 4.96. The molecule has 0 aliphatic heterocycles. The molecule has 1 fully saturated rings. The van der Waals surface area contributed by atoms with E-state index in [9.17, 15) is 5.11 Å². The van der Waals surface area contributed by atoms with Crippen molar-refractivity contribution in [1.82, 2.24) is 0 Å². The van der Waals surface area contributed by atoms with Crippen LogP contribution in [0, 0.1) is 0 Å². The maximum absolute atomic E-state index is 10.1. The van der Waals surface area contributed by atoms with Crippen molar-refractivity contribution in [3.05, 3.63) is 0 Å². The zero-order valence-electron chi connectivity index (χ0n) is 8.18. The summed E-state index contributed by atoms with van der Waals surface area (Å²) in [6.07, 6.45) is 5.79. The molecule has 0 atom stereocenters. The van der Waals surface area contributed by atoms with Crippen LogP contribution in [0.3, 0.4) is 0 Å². The van der Waals surface area contributed by atoms with Crippen molar-refractivity contribution in [3.63, 3.8) is 0 Å². The quantitative estimate of drug-likeness (QED) is 0.735. The lowest BCUT2D eigenvalue weighted by Crippen LogP contribution is -2.34. The molecule has 0 aromatic heterocycles. The van der Waals surface area contributed by atoms with Gasteiger partial charge in [-0.3, -0.25) is 0 Å². The Morgan fingerprint density at radius 3 is 2.33 bits per heavy atom. The summed E-state index contributed by atoms with van der Waals surface area (Å²) in [6.45, 7) is 4.38. The van der Waals surface area contributed by atoms with Crippen LogP contribution in [0.25, 0.3) is 0 Å². The van der Waals surface area contributed by atoms with Gasteiger partial charge in [0.2, 0.25) is 0 Å². The van der Waals surface area contributed by atoms with Gasteiger partial charge in [0, 0.05) is 5.75 Å². The normalized spacial score (nSPS) is 23.0. The fraction of sp³-hybridized carbons (Fsp3) is 1.00. The van der Waals surface area contributed by atoms with Gasteiger partial charge in [-0.25, -0.2) is 0 Å². The molecule has 0 bridgehead atoms. The number of hydrogen-bond acceptors (Lipinski definition) is 2. The van der Waals surface area contributed by atoms with Crippen LogP contribution in [-0.2, 0) is 0 Å². The largest absolute Gasteiger partial charge is 0.389 e. The molecular weight excluding hydrogens is 168 g/mol. The van der Waals surface area contributed by atoms with Crippen LogP contribution in [-0.4, -0.2) is 21.7 Å². The minimum Gasteiger partial charge on any atom is -0.389 e. The van der Waals surface area contributed by atoms with Crippen molar-refractivity contribution < 1.29 is 5.11 Å². The summed E-state index contributed by atoms with van der Waals surface area (Å²) < 4.78 is 0. The van der Waals surface area contributed by atoms with Gasteiger partial charge in [-0.15, -0.1) is 0 Å². The second-order valence-electron chi connectivity index (χ2n) is 4.14. The first-order valence-corrected chi connectivity index (χ1v) is 6.01. The van der Waals surface area contributed by atoms with Gasteiger partial charge in [0.15, 0.2) is 0 Å². The first kappa shape index (κ1) is 10.4. The molecule has 1 rings (SSSR count). The molecule has 0 aromatic carbocycles. The summed E-state index contributed by atoms with van der Waals surface area (Å²) in [5, 5.41) is 10.7. The van der Waals surface area contributed by atoms with Crippen LogP contribution in [0.4, 0.5) is 0 Å². The second kappa shape index (κ2) is 4.52. The van der Waals surface area contributed by atoms with Gasteiger partial charge in [-0.1, -0.05) is 33.1 Å². The minimum absolute atomic E-state index is 0.326. The minimum atomic E-state index is -0.326. The van der Waals surface area contributed by atoms with E-state index in [4.69, 9.17) is 0 Å². The Kier molecular flexibility index (Phi) is 3.91. The molecule has 0 saturated heterocycles.